The zero-order valence-corrected chi connectivity index (χ0v) is 14.4. The van der Waals surface area contributed by atoms with E-state index < -0.39 is 10.8 Å². The van der Waals surface area contributed by atoms with Gasteiger partial charge in [-0.1, -0.05) is 6.07 Å². The van der Waals surface area contributed by atoms with Crippen molar-refractivity contribution in [2.45, 2.75) is 11.4 Å². The summed E-state index contributed by atoms with van der Waals surface area (Å²) in [6, 6.07) is 8.18. The predicted octanol–water partition coefficient (Wildman–Crippen LogP) is 2.99. The zero-order valence-electron chi connectivity index (χ0n) is 13.6. The van der Waals surface area contributed by atoms with E-state index in [1.165, 1.54) is 35.9 Å². The SMILES string of the molecule is COc1cc([N+](=O)[O-])c(C(=O)N(C)Cc2ccccn2)cc1SC. The Morgan fingerprint density at radius 2 is 2.17 bits per heavy atom. The molecule has 1 heterocycles. The minimum atomic E-state index is -0.575. The Kier molecular flexibility index (Phi) is 5.75. The third-order valence-electron chi connectivity index (χ3n) is 3.40. The van der Waals surface area contributed by atoms with E-state index in [0.29, 0.717) is 16.3 Å². The van der Waals surface area contributed by atoms with E-state index in [1.54, 1.807) is 25.4 Å². The topological polar surface area (TPSA) is 85.6 Å². The van der Waals surface area contributed by atoms with Crippen LogP contribution in [0, 0.1) is 10.1 Å². The summed E-state index contributed by atoms with van der Waals surface area (Å²) < 4.78 is 5.16. The van der Waals surface area contributed by atoms with Crippen LogP contribution in [0.4, 0.5) is 5.69 Å². The number of hydrogen-bond acceptors (Lipinski definition) is 6. The second kappa shape index (κ2) is 7.78. The molecule has 24 heavy (non-hydrogen) atoms. The second-order valence-corrected chi connectivity index (χ2v) is 5.81. The number of pyridine rings is 1. The Hall–Kier alpha value is -2.61. The van der Waals surface area contributed by atoms with Gasteiger partial charge in [0.1, 0.15) is 11.3 Å². The minimum Gasteiger partial charge on any atom is -0.495 e. The van der Waals surface area contributed by atoms with Crippen LogP contribution in [0.2, 0.25) is 0 Å². The molecule has 1 aromatic heterocycles. The summed E-state index contributed by atoms with van der Waals surface area (Å²) in [5, 5.41) is 11.3. The summed E-state index contributed by atoms with van der Waals surface area (Å²) in [6.45, 7) is 0.261. The molecule has 0 spiro atoms. The summed E-state index contributed by atoms with van der Waals surface area (Å²) >= 11 is 1.36. The maximum absolute atomic E-state index is 12.7. The van der Waals surface area contributed by atoms with E-state index in [-0.39, 0.29) is 17.8 Å². The van der Waals surface area contributed by atoms with Gasteiger partial charge in [-0.05, 0) is 24.5 Å². The van der Waals surface area contributed by atoms with Crippen LogP contribution < -0.4 is 4.74 Å². The highest BCUT2D eigenvalue weighted by atomic mass is 32.2. The zero-order chi connectivity index (χ0) is 17.7. The third-order valence-corrected chi connectivity index (χ3v) is 4.16. The van der Waals surface area contributed by atoms with Crippen molar-refractivity contribution in [2.75, 3.05) is 20.4 Å². The van der Waals surface area contributed by atoms with Gasteiger partial charge in [0.15, 0.2) is 0 Å². The van der Waals surface area contributed by atoms with Crippen LogP contribution in [0.1, 0.15) is 16.1 Å². The molecule has 0 aliphatic carbocycles. The van der Waals surface area contributed by atoms with Gasteiger partial charge in [-0.25, -0.2) is 0 Å². The number of rotatable bonds is 6. The molecule has 1 amide bonds. The van der Waals surface area contributed by atoms with E-state index >= 15 is 0 Å². The number of methoxy groups -OCH3 is 1. The molecule has 0 fully saturated rings. The van der Waals surface area contributed by atoms with E-state index in [4.69, 9.17) is 4.74 Å². The molecule has 2 rings (SSSR count). The van der Waals surface area contributed by atoms with Crippen LogP contribution in [-0.2, 0) is 6.54 Å². The lowest BCUT2D eigenvalue weighted by Crippen LogP contribution is -2.27. The number of carbonyl (C=O) groups excluding carboxylic acids is 1. The largest absolute Gasteiger partial charge is 0.495 e. The summed E-state index contributed by atoms with van der Waals surface area (Å²) in [5.74, 6) is -0.0663. The quantitative estimate of drug-likeness (QED) is 0.454. The van der Waals surface area contributed by atoms with Gasteiger partial charge in [-0.2, -0.15) is 0 Å². The van der Waals surface area contributed by atoms with Gasteiger partial charge in [0.05, 0.1) is 35.2 Å². The summed E-state index contributed by atoms with van der Waals surface area (Å²) in [6.07, 6.45) is 3.45. The fourth-order valence-corrected chi connectivity index (χ4v) is 2.78. The molecule has 0 atom stereocenters. The molecule has 1 aromatic carbocycles. The molecule has 0 saturated carbocycles. The maximum atomic E-state index is 12.7. The van der Waals surface area contributed by atoms with Crippen LogP contribution >= 0.6 is 11.8 Å². The highest BCUT2D eigenvalue weighted by molar-refractivity contribution is 7.98. The van der Waals surface area contributed by atoms with Gasteiger partial charge >= 0.3 is 0 Å². The lowest BCUT2D eigenvalue weighted by molar-refractivity contribution is -0.385. The van der Waals surface area contributed by atoms with Crippen LogP contribution in [-0.4, -0.2) is 41.1 Å². The van der Waals surface area contributed by atoms with Crippen molar-refractivity contribution < 1.29 is 14.5 Å². The molecule has 0 aliphatic rings. The number of nitro benzene ring substituents is 1. The third kappa shape index (κ3) is 3.83. The number of ether oxygens (including phenoxy) is 1. The molecule has 2 aromatic rings. The molecular formula is C16H17N3O4S. The first kappa shape index (κ1) is 17.7. The van der Waals surface area contributed by atoms with Gasteiger partial charge in [0.2, 0.25) is 0 Å². The Morgan fingerprint density at radius 1 is 1.42 bits per heavy atom. The first-order valence-corrected chi connectivity index (χ1v) is 8.26. The fraction of sp³-hybridized carbons (Fsp3) is 0.250. The number of benzene rings is 1. The van der Waals surface area contributed by atoms with E-state index in [2.05, 4.69) is 4.98 Å². The summed E-state index contributed by atoms with van der Waals surface area (Å²) in [4.78, 5) is 29.7. The van der Waals surface area contributed by atoms with E-state index in [0.717, 1.165) is 0 Å². The lowest BCUT2D eigenvalue weighted by Gasteiger charge is -2.18. The van der Waals surface area contributed by atoms with Gasteiger partial charge in [0, 0.05) is 13.2 Å². The van der Waals surface area contributed by atoms with Gasteiger partial charge in [0.25, 0.3) is 11.6 Å². The maximum Gasteiger partial charge on any atom is 0.285 e. The van der Waals surface area contributed by atoms with E-state index in [9.17, 15) is 14.9 Å². The molecule has 0 unspecified atom stereocenters. The molecule has 0 radical (unpaired) electrons. The van der Waals surface area contributed by atoms with Crippen molar-refractivity contribution in [1.82, 2.24) is 9.88 Å². The average Bonchev–Trinajstić information content (AvgIpc) is 2.60. The van der Waals surface area contributed by atoms with Gasteiger partial charge in [-0.3, -0.25) is 19.9 Å². The monoisotopic (exact) mass is 347 g/mol. The van der Waals surface area contributed by atoms with Gasteiger partial charge < -0.3 is 9.64 Å². The number of aromatic nitrogens is 1. The number of nitro groups is 1. The smallest absolute Gasteiger partial charge is 0.285 e. The first-order valence-electron chi connectivity index (χ1n) is 7.03. The normalized spacial score (nSPS) is 10.3. The molecule has 0 N–H and O–H groups in total. The number of hydrogen-bond donors (Lipinski definition) is 0. The van der Waals surface area contributed by atoms with Crippen molar-refractivity contribution in [1.29, 1.82) is 0 Å². The number of carbonyl (C=O) groups is 1. The number of thioether (sulfide) groups is 1. The Balaban J connectivity index is 2.38. The second-order valence-electron chi connectivity index (χ2n) is 4.96. The summed E-state index contributed by atoms with van der Waals surface area (Å²) in [7, 11) is 3.03. The van der Waals surface area contributed by atoms with Crippen molar-refractivity contribution >= 4 is 23.4 Å². The van der Waals surface area contributed by atoms with Crippen LogP contribution in [0.15, 0.2) is 41.4 Å². The lowest BCUT2D eigenvalue weighted by atomic mass is 10.1. The van der Waals surface area contributed by atoms with Crippen LogP contribution in [0.3, 0.4) is 0 Å². The molecule has 7 nitrogen and oxygen atoms in total. The summed E-state index contributed by atoms with van der Waals surface area (Å²) in [5.41, 5.74) is 0.459. The fourth-order valence-electron chi connectivity index (χ4n) is 2.20. The first-order chi connectivity index (χ1) is 11.5. The van der Waals surface area contributed by atoms with Crippen molar-refractivity contribution in [3.63, 3.8) is 0 Å². The van der Waals surface area contributed by atoms with Crippen LogP contribution in [0.25, 0.3) is 0 Å². The van der Waals surface area contributed by atoms with Crippen molar-refractivity contribution in [2.24, 2.45) is 0 Å². The Morgan fingerprint density at radius 3 is 2.71 bits per heavy atom. The van der Waals surface area contributed by atoms with Crippen LogP contribution in [0.5, 0.6) is 5.75 Å². The molecule has 126 valence electrons. The molecule has 0 aliphatic heterocycles. The van der Waals surface area contributed by atoms with Crippen molar-refractivity contribution in [3.8, 4) is 5.75 Å². The van der Waals surface area contributed by atoms with Crippen molar-refractivity contribution in [3.05, 3.63) is 57.9 Å². The Labute approximate surface area is 143 Å². The molecule has 0 bridgehead atoms. The predicted molar refractivity (Wildman–Crippen MR) is 91.5 cm³/mol. The highest BCUT2D eigenvalue weighted by Gasteiger charge is 2.26. The molecular weight excluding hydrogens is 330 g/mol. The molecule has 8 heteroatoms. The van der Waals surface area contributed by atoms with E-state index in [1.807, 2.05) is 12.3 Å². The standard InChI is InChI=1S/C16H17N3O4S/c1-18(10-11-6-4-5-7-17-11)16(20)12-8-15(24-3)14(23-2)9-13(12)19(21)22/h4-9H,10H2,1-3H3. The minimum absolute atomic E-state index is 0.0311. The highest BCUT2D eigenvalue weighted by Crippen LogP contribution is 2.35. The molecule has 0 saturated heterocycles. The number of amides is 1. The Bertz CT molecular complexity index is 752. The average molecular weight is 347 g/mol. The van der Waals surface area contributed by atoms with Gasteiger partial charge in [-0.15, -0.1) is 11.8 Å². The number of nitrogens with zero attached hydrogens (tertiary/aromatic N) is 3.